The summed E-state index contributed by atoms with van der Waals surface area (Å²) in [5.74, 6) is 1.06. The van der Waals surface area contributed by atoms with E-state index in [2.05, 4.69) is 40.3 Å². The van der Waals surface area contributed by atoms with Crippen molar-refractivity contribution in [1.82, 2.24) is 9.88 Å². The molecule has 1 N–H and O–H groups in total. The predicted octanol–water partition coefficient (Wildman–Crippen LogP) is 3.90. The lowest BCUT2D eigenvalue weighted by atomic mass is 9.99. The zero-order valence-electron chi connectivity index (χ0n) is 16.8. The van der Waals surface area contributed by atoms with Crippen LogP contribution in [0.2, 0.25) is 0 Å². The molecule has 1 saturated heterocycles. The van der Waals surface area contributed by atoms with Crippen molar-refractivity contribution in [2.45, 2.75) is 19.8 Å². The Kier molecular flexibility index (Phi) is 6.10. The maximum absolute atomic E-state index is 9.59. The second kappa shape index (κ2) is 8.91. The number of aliphatic hydroxyl groups excluding tert-OH is 1. The first kappa shape index (κ1) is 19.8. The predicted molar refractivity (Wildman–Crippen MR) is 120 cm³/mol. The number of nitrogens with zero attached hydrogens (tertiary/aromatic N) is 4. The number of nitriles is 1. The second-order valence-corrected chi connectivity index (χ2v) is 8.32. The molecule has 29 heavy (non-hydrogen) atoms. The van der Waals surface area contributed by atoms with E-state index >= 15 is 0 Å². The first-order valence-corrected chi connectivity index (χ1v) is 11.1. The van der Waals surface area contributed by atoms with Gasteiger partial charge in [-0.1, -0.05) is 19.1 Å². The Balaban J connectivity index is 1.71. The molecule has 4 rings (SSSR count). The molecule has 0 unspecified atom stereocenters. The summed E-state index contributed by atoms with van der Waals surface area (Å²) in [7, 11) is 0. The highest BCUT2D eigenvalue weighted by atomic mass is 32.1. The Morgan fingerprint density at radius 2 is 2.00 bits per heavy atom. The van der Waals surface area contributed by atoms with Crippen LogP contribution in [0.5, 0.6) is 0 Å². The minimum Gasteiger partial charge on any atom is -0.396 e. The van der Waals surface area contributed by atoms with E-state index in [1.807, 2.05) is 18.2 Å². The van der Waals surface area contributed by atoms with Crippen LogP contribution >= 0.6 is 11.3 Å². The Morgan fingerprint density at radius 1 is 1.17 bits per heavy atom. The maximum atomic E-state index is 9.59. The Hall–Kier alpha value is -2.46. The number of rotatable bonds is 6. The third kappa shape index (κ3) is 4.13. The van der Waals surface area contributed by atoms with E-state index < -0.39 is 0 Å². The highest BCUT2D eigenvalue weighted by molar-refractivity contribution is 7.17. The van der Waals surface area contributed by atoms with Crippen LogP contribution in [0.25, 0.3) is 21.3 Å². The molecule has 1 aromatic carbocycles. The third-order valence-corrected chi connectivity index (χ3v) is 6.59. The first-order valence-electron chi connectivity index (χ1n) is 10.2. The standard InChI is InChI=1S/C23H26N4OS/c1-2-26-8-10-27(11-9-26)23-22-19(7-13-29-22)15-21(25-23)18-6-5-17(4-3-12-28)20(14-18)16-24/h5-7,13-15,28H,2-4,8-12H2,1H3. The number of piperazine rings is 1. The van der Waals surface area contributed by atoms with Crippen molar-refractivity contribution in [1.29, 1.82) is 5.26 Å². The molecule has 3 heterocycles. The molecule has 1 aliphatic heterocycles. The average Bonchev–Trinajstić information content (AvgIpc) is 3.25. The average molecular weight is 407 g/mol. The van der Waals surface area contributed by atoms with Crippen LogP contribution in [0, 0.1) is 11.3 Å². The summed E-state index contributed by atoms with van der Waals surface area (Å²) in [5.41, 5.74) is 3.53. The Morgan fingerprint density at radius 3 is 2.72 bits per heavy atom. The molecule has 0 spiro atoms. The van der Waals surface area contributed by atoms with Crippen molar-refractivity contribution in [3.8, 4) is 17.3 Å². The number of hydrogen-bond donors (Lipinski definition) is 1. The lowest BCUT2D eigenvalue weighted by Crippen LogP contribution is -2.46. The number of hydrogen-bond acceptors (Lipinski definition) is 6. The van der Waals surface area contributed by atoms with Crippen LogP contribution in [-0.2, 0) is 6.42 Å². The summed E-state index contributed by atoms with van der Waals surface area (Å²) >= 11 is 1.74. The molecule has 6 heteroatoms. The zero-order valence-corrected chi connectivity index (χ0v) is 17.6. The highest BCUT2D eigenvalue weighted by Crippen LogP contribution is 2.34. The summed E-state index contributed by atoms with van der Waals surface area (Å²) in [5, 5.41) is 22.0. The van der Waals surface area contributed by atoms with Gasteiger partial charge in [-0.2, -0.15) is 5.26 Å². The third-order valence-electron chi connectivity index (χ3n) is 5.67. The van der Waals surface area contributed by atoms with Gasteiger partial charge in [-0.25, -0.2) is 4.98 Å². The van der Waals surface area contributed by atoms with Crippen LogP contribution in [-0.4, -0.2) is 54.3 Å². The van der Waals surface area contributed by atoms with E-state index in [1.54, 1.807) is 11.3 Å². The molecule has 2 aromatic heterocycles. The van der Waals surface area contributed by atoms with E-state index in [0.717, 1.165) is 55.4 Å². The molecule has 0 bridgehead atoms. The van der Waals surface area contributed by atoms with Gasteiger partial charge in [0.05, 0.1) is 22.0 Å². The Bertz CT molecular complexity index is 1030. The molecular formula is C23H26N4OS. The van der Waals surface area contributed by atoms with Crippen molar-refractivity contribution in [3.05, 3.63) is 46.8 Å². The van der Waals surface area contributed by atoms with Gasteiger partial charge in [-0.05, 0) is 53.9 Å². The molecular weight excluding hydrogens is 380 g/mol. The van der Waals surface area contributed by atoms with E-state index in [1.165, 1.54) is 10.1 Å². The molecule has 0 amide bonds. The van der Waals surface area contributed by atoms with Gasteiger partial charge in [0.1, 0.15) is 5.82 Å². The highest BCUT2D eigenvalue weighted by Gasteiger charge is 2.20. The van der Waals surface area contributed by atoms with Gasteiger partial charge < -0.3 is 14.9 Å². The second-order valence-electron chi connectivity index (χ2n) is 7.40. The number of likely N-dealkylation sites (N-methyl/N-ethyl adjacent to an activating group) is 1. The van der Waals surface area contributed by atoms with Gasteiger partial charge in [-0.15, -0.1) is 11.3 Å². The zero-order chi connectivity index (χ0) is 20.2. The molecule has 3 aromatic rings. The maximum Gasteiger partial charge on any atom is 0.147 e. The lowest BCUT2D eigenvalue weighted by molar-refractivity contribution is 0.271. The normalized spacial score (nSPS) is 15.0. The number of aliphatic hydroxyl groups is 1. The van der Waals surface area contributed by atoms with Crippen molar-refractivity contribution in [2.24, 2.45) is 0 Å². The van der Waals surface area contributed by atoms with E-state index in [0.29, 0.717) is 18.4 Å². The molecule has 0 saturated carbocycles. The molecule has 0 aliphatic carbocycles. The molecule has 1 fully saturated rings. The van der Waals surface area contributed by atoms with Crippen molar-refractivity contribution in [3.63, 3.8) is 0 Å². The summed E-state index contributed by atoms with van der Waals surface area (Å²) in [6, 6.07) is 12.6. The van der Waals surface area contributed by atoms with Gasteiger partial charge in [-0.3, -0.25) is 0 Å². The van der Waals surface area contributed by atoms with Gasteiger partial charge in [0.25, 0.3) is 0 Å². The number of anilines is 1. The SMILES string of the molecule is CCN1CCN(c2nc(-c3ccc(CCCO)c(C#N)c3)cc3ccsc23)CC1. The van der Waals surface area contributed by atoms with Gasteiger partial charge in [0.2, 0.25) is 0 Å². The minimum atomic E-state index is 0.137. The van der Waals surface area contributed by atoms with Crippen LogP contribution in [0.4, 0.5) is 5.82 Å². The molecule has 0 radical (unpaired) electrons. The molecule has 150 valence electrons. The topological polar surface area (TPSA) is 63.4 Å². The monoisotopic (exact) mass is 406 g/mol. The Labute approximate surface area is 175 Å². The van der Waals surface area contributed by atoms with Crippen LogP contribution in [0.1, 0.15) is 24.5 Å². The van der Waals surface area contributed by atoms with Gasteiger partial charge in [0, 0.05) is 38.3 Å². The van der Waals surface area contributed by atoms with Crippen LogP contribution in [0.3, 0.4) is 0 Å². The van der Waals surface area contributed by atoms with E-state index in [-0.39, 0.29) is 6.61 Å². The minimum absolute atomic E-state index is 0.137. The van der Waals surface area contributed by atoms with Crippen molar-refractivity contribution < 1.29 is 5.11 Å². The van der Waals surface area contributed by atoms with E-state index in [4.69, 9.17) is 10.1 Å². The first-order chi connectivity index (χ1) is 14.2. The number of thiophene rings is 1. The number of aromatic nitrogens is 1. The number of aryl methyl sites for hydroxylation is 1. The van der Waals surface area contributed by atoms with Crippen LogP contribution < -0.4 is 4.90 Å². The molecule has 0 atom stereocenters. The summed E-state index contributed by atoms with van der Waals surface area (Å²) in [6.45, 7) is 7.54. The molecule has 1 aliphatic rings. The van der Waals surface area contributed by atoms with Crippen LogP contribution in [0.15, 0.2) is 35.7 Å². The van der Waals surface area contributed by atoms with Crippen molar-refractivity contribution >= 4 is 27.2 Å². The summed E-state index contributed by atoms with van der Waals surface area (Å²) < 4.78 is 1.23. The van der Waals surface area contributed by atoms with Crippen molar-refractivity contribution in [2.75, 3.05) is 44.2 Å². The summed E-state index contributed by atoms with van der Waals surface area (Å²) in [4.78, 5) is 9.92. The summed E-state index contributed by atoms with van der Waals surface area (Å²) in [6.07, 6.45) is 1.38. The fraction of sp³-hybridized carbons (Fsp3) is 0.391. The quantitative estimate of drug-likeness (QED) is 0.673. The number of benzene rings is 1. The molecule has 5 nitrogen and oxygen atoms in total. The number of pyridine rings is 1. The number of fused-ring (bicyclic) bond motifs is 1. The van der Waals surface area contributed by atoms with E-state index in [9.17, 15) is 5.26 Å². The fourth-order valence-corrected chi connectivity index (χ4v) is 4.82. The fourth-order valence-electron chi connectivity index (χ4n) is 3.92. The van der Waals surface area contributed by atoms with Gasteiger partial charge >= 0.3 is 0 Å². The van der Waals surface area contributed by atoms with Gasteiger partial charge in [0.15, 0.2) is 0 Å². The smallest absolute Gasteiger partial charge is 0.147 e. The largest absolute Gasteiger partial charge is 0.396 e. The lowest BCUT2D eigenvalue weighted by Gasteiger charge is -2.35.